The molecule has 2 heterocycles. The van der Waals surface area contributed by atoms with E-state index in [4.69, 9.17) is 9.47 Å². The molecule has 4 amide bonds. The van der Waals surface area contributed by atoms with Gasteiger partial charge >= 0.3 is 6.03 Å². The maximum absolute atomic E-state index is 13.1. The van der Waals surface area contributed by atoms with Gasteiger partial charge in [0.1, 0.15) is 12.1 Å². The third-order valence-electron chi connectivity index (χ3n) is 7.20. The number of rotatable bonds is 6. The molecule has 1 aromatic carbocycles. The summed E-state index contributed by atoms with van der Waals surface area (Å²) in [4.78, 5) is 39.8. The number of hydrogen-bond acceptors (Lipinski definition) is 5. The van der Waals surface area contributed by atoms with Crippen molar-refractivity contribution in [2.45, 2.75) is 70.9 Å². The van der Waals surface area contributed by atoms with E-state index in [1.54, 1.807) is 0 Å². The lowest BCUT2D eigenvalue weighted by atomic mass is 9.75. The monoisotopic (exact) mass is 457 g/mol. The number of fused-ring (bicyclic) bond motifs is 1. The summed E-state index contributed by atoms with van der Waals surface area (Å²) in [5.41, 5.74) is 0.0589. The van der Waals surface area contributed by atoms with Gasteiger partial charge in [0.2, 0.25) is 5.91 Å². The normalized spacial score (nSPS) is 25.7. The van der Waals surface area contributed by atoms with Gasteiger partial charge in [0.05, 0.1) is 19.3 Å². The lowest BCUT2D eigenvalue weighted by Crippen LogP contribution is -2.50. The fourth-order valence-corrected chi connectivity index (χ4v) is 5.11. The summed E-state index contributed by atoms with van der Waals surface area (Å²) in [6.45, 7) is 7.11. The molecule has 2 N–H and O–H groups in total. The molecule has 1 aliphatic carbocycles. The smallest absolute Gasteiger partial charge is 0.325 e. The van der Waals surface area contributed by atoms with Crippen molar-refractivity contribution in [1.29, 1.82) is 0 Å². The zero-order chi connectivity index (χ0) is 23.6. The minimum atomic E-state index is -0.838. The average Bonchev–Trinajstić information content (AvgIpc) is 2.95. The Morgan fingerprint density at radius 2 is 1.88 bits per heavy atom. The van der Waals surface area contributed by atoms with Crippen LogP contribution in [-0.2, 0) is 9.59 Å². The lowest BCUT2D eigenvalue weighted by Gasteiger charge is -2.34. The number of nitrogens with zero attached hydrogens (tertiary/aromatic N) is 1. The van der Waals surface area contributed by atoms with Crippen LogP contribution >= 0.6 is 0 Å². The Hall–Kier alpha value is -2.77. The Bertz CT molecular complexity index is 907. The van der Waals surface area contributed by atoms with E-state index in [1.807, 2.05) is 32.0 Å². The van der Waals surface area contributed by atoms with E-state index in [2.05, 4.69) is 17.6 Å². The van der Waals surface area contributed by atoms with Gasteiger partial charge < -0.3 is 20.1 Å². The highest BCUT2D eigenvalue weighted by atomic mass is 16.5. The van der Waals surface area contributed by atoms with Gasteiger partial charge in [-0.15, -0.1) is 0 Å². The van der Waals surface area contributed by atoms with E-state index in [0.717, 1.165) is 36.1 Å². The first kappa shape index (κ1) is 23.4. The Kier molecular flexibility index (Phi) is 6.81. The first-order chi connectivity index (χ1) is 15.8. The number of carbonyl (C=O) groups is 3. The largest absolute Gasteiger partial charge is 0.490 e. The number of hydrogen-bond donors (Lipinski definition) is 2. The van der Waals surface area contributed by atoms with Crippen LogP contribution in [0.15, 0.2) is 18.2 Å². The maximum Gasteiger partial charge on any atom is 0.325 e. The molecule has 0 bridgehead atoms. The lowest BCUT2D eigenvalue weighted by molar-refractivity contribution is -0.136. The summed E-state index contributed by atoms with van der Waals surface area (Å²) in [6, 6.07) is 4.94. The van der Waals surface area contributed by atoms with Gasteiger partial charge in [0.25, 0.3) is 5.91 Å². The van der Waals surface area contributed by atoms with Crippen molar-refractivity contribution < 1.29 is 23.9 Å². The molecule has 1 spiro atoms. The van der Waals surface area contributed by atoms with E-state index in [-0.39, 0.29) is 30.3 Å². The first-order valence-electron chi connectivity index (χ1n) is 12.2. The molecule has 33 heavy (non-hydrogen) atoms. The second-order valence-corrected chi connectivity index (χ2v) is 9.80. The third-order valence-corrected chi connectivity index (χ3v) is 7.20. The number of amides is 4. The van der Waals surface area contributed by atoms with Gasteiger partial charge in [-0.25, -0.2) is 4.79 Å². The second-order valence-electron chi connectivity index (χ2n) is 9.80. The van der Waals surface area contributed by atoms with Gasteiger partial charge in [-0.1, -0.05) is 33.3 Å². The summed E-state index contributed by atoms with van der Waals surface area (Å²) in [5.74, 6) is 1.44. The Morgan fingerprint density at radius 1 is 1.18 bits per heavy atom. The Labute approximate surface area is 195 Å². The Morgan fingerprint density at radius 3 is 2.55 bits per heavy atom. The van der Waals surface area contributed by atoms with Crippen molar-refractivity contribution in [3.63, 3.8) is 0 Å². The second kappa shape index (κ2) is 9.61. The predicted molar refractivity (Wildman–Crippen MR) is 123 cm³/mol. The summed E-state index contributed by atoms with van der Waals surface area (Å²) in [7, 11) is 0. The molecular formula is C25H35N3O5. The summed E-state index contributed by atoms with van der Waals surface area (Å²) in [5, 5.41) is 5.92. The quantitative estimate of drug-likeness (QED) is 0.637. The predicted octanol–water partition coefficient (Wildman–Crippen LogP) is 3.55. The highest BCUT2D eigenvalue weighted by molar-refractivity contribution is 6.09. The molecule has 1 saturated heterocycles. The van der Waals surface area contributed by atoms with Crippen molar-refractivity contribution in [3.8, 4) is 11.5 Å². The maximum atomic E-state index is 13.1. The van der Waals surface area contributed by atoms with Crippen molar-refractivity contribution in [2.24, 2.45) is 11.8 Å². The van der Waals surface area contributed by atoms with Crippen LogP contribution in [0.25, 0.3) is 0 Å². The molecular weight excluding hydrogens is 422 g/mol. The van der Waals surface area contributed by atoms with Crippen molar-refractivity contribution in [2.75, 3.05) is 19.8 Å². The highest BCUT2D eigenvalue weighted by Crippen LogP contribution is 2.38. The van der Waals surface area contributed by atoms with Gasteiger partial charge in [-0.3, -0.25) is 14.5 Å². The molecule has 2 aliphatic heterocycles. The topological polar surface area (TPSA) is 97.0 Å². The molecule has 0 radical (unpaired) electrons. The fourth-order valence-electron chi connectivity index (χ4n) is 5.11. The summed E-state index contributed by atoms with van der Waals surface area (Å²) in [6.07, 6.45) is 5.02. The van der Waals surface area contributed by atoms with Gasteiger partial charge in [0, 0.05) is 6.42 Å². The van der Waals surface area contributed by atoms with Crippen LogP contribution in [0.2, 0.25) is 0 Å². The van der Waals surface area contributed by atoms with E-state index in [9.17, 15) is 14.4 Å². The number of urea groups is 1. The van der Waals surface area contributed by atoms with Crippen LogP contribution in [0.3, 0.4) is 0 Å². The van der Waals surface area contributed by atoms with Gasteiger partial charge in [0.15, 0.2) is 11.5 Å². The summed E-state index contributed by atoms with van der Waals surface area (Å²) < 4.78 is 11.5. The zero-order valence-electron chi connectivity index (χ0n) is 19.8. The fraction of sp³-hybridized carbons (Fsp3) is 0.640. The van der Waals surface area contributed by atoms with E-state index in [1.165, 1.54) is 0 Å². The van der Waals surface area contributed by atoms with Crippen LogP contribution in [0.1, 0.15) is 70.9 Å². The van der Waals surface area contributed by atoms with Gasteiger partial charge in [-0.2, -0.15) is 0 Å². The summed E-state index contributed by atoms with van der Waals surface area (Å²) >= 11 is 0. The van der Waals surface area contributed by atoms with Crippen LogP contribution in [0, 0.1) is 11.8 Å². The molecule has 0 aromatic heterocycles. The molecule has 8 nitrogen and oxygen atoms in total. The molecule has 1 atom stereocenters. The third kappa shape index (κ3) is 4.80. The number of carbonyl (C=O) groups excluding carboxylic acids is 3. The molecule has 1 unspecified atom stereocenters. The minimum absolute atomic E-state index is 0.0949. The minimum Gasteiger partial charge on any atom is -0.490 e. The van der Waals surface area contributed by atoms with Crippen molar-refractivity contribution >= 4 is 17.8 Å². The van der Waals surface area contributed by atoms with Crippen LogP contribution in [-0.4, -0.2) is 48.0 Å². The molecule has 2 fully saturated rings. The van der Waals surface area contributed by atoms with Crippen molar-refractivity contribution in [3.05, 3.63) is 23.8 Å². The number of imide groups is 1. The zero-order valence-corrected chi connectivity index (χ0v) is 19.8. The number of ether oxygens (including phenoxy) is 2. The van der Waals surface area contributed by atoms with Crippen molar-refractivity contribution in [1.82, 2.24) is 15.5 Å². The van der Waals surface area contributed by atoms with Crippen LogP contribution < -0.4 is 20.1 Å². The molecule has 1 aromatic rings. The number of nitrogens with one attached hydrogen (secondary N) is 2. The molecule has 4 rings (SSSR count). The van der Waals surface area contributed by atoms with E-state index < -0.39 is 11.6 Å². The molecule has 3 aliphatic rings. The average molecular weight is 458 g/mol. The standard InChI is InChI=1S/C25H35N3O5/c1-4-17-8-10-25(11-9-17)23(30)28(24(31)27-25)15-21(29)26-22(16(2)3)18-6-7-19-20(14-18)33-13-5-12-32-19/h6-7,14,16-17,22H,4-5,8-13,15H2,1-3H3,(H,26,29)(H,27,31). The first-order valence-corrected chi connectivity index (χ1v) is 12.2. The Balaban J connectivity index is 1.43. The number of benzene rings is 1. The molecule has 1 saturated carbocycles. The van der Waals surface area contributed by atoms with Crippen LogP contribution in [0.4, 0.5) is 4.79 Å². The van der Waals surface area contributed by atoms with Crippen LogP contribution in [0.5, 0.6) is 11.5 Å². The van der Waals surface area contributed by atoms with E-state index >= 15 is 0 Å². The molecule has 8 heteroatoms. The van der Waals surface area contributed by atoms with Gasteiger partial charge in [-0.05, 0) is 55.2 Å². The highest BCUT2D eigenvalue weighted by Gasteiger charge is 2.52. The molecule has 180 valence electrons. The SMILES string of the molecule is CCC1CCC2(CC1)NC(=O)N(CC(=O)NC(c1ccc3c(c1)OCCCO3)C(C)C)C2=O. The van der Waals surface area contributed by atoms with E-state index in [0.29, 0.717) is 43.5 Å².